The van der Waals surface area contributed by atoms with Crippen LogP contribution in [0.3, 0.4) is 0 Å². The Morgan fingerprint density at radius 2 is 1.74 bits per heavy atom. The van der Waals surface area contributed by atoms with Gasteiger partial charge in [-0.25, -0.2) is 4.98 Å². The van der Waals surface area contributed by atoms with Crippen LogP contribution >= 0.6 is 15.9 Å². The molecule has 2 N–H and O–H groups in total. The number of hydrogen-bond acceptors (Lipinski definition) is 3. The highest BCUT2D eigenvalue weighted by molar-refractivity contribution is 9.10. The van der Waals surface area contributed by atoms with Crippen LogP contribution in [-0.2, 0) is 0 Å². The second kappa shape index (κ2) is 4.90. The van der Waals surface area contributed by atoms with Crippen molar-refractivity contribution in [2.75, 3.05) is 5.73 Å². The van der Waals surface area contributed by atoms with Crippen LogP contribution < -0.4 is 5.73 Å². The molecule has 4 heteroatoms. The number of nitrogens with two attached hydrogens (primary N) is 1. The van der Waals surface area contributed by atoms with Gasteiger partial charge in [-0.15, -0.1) is 0 Å². The standard InChI is InChI=1S/C15H11BrN2O/c16-11-8-12(15(17)18-9-11)14-7-6-13(19-14)10-4-2-1-3-5-10/h1-9H,(H2,17,18). The molecule has 0 bridgehead atoms. The first-order chi connectivity index (χ1) is 9.24. The molecule has 94 valence electrons. The fourth-order valence-electron chi connectivity index (χ4n) is 1.89. The van der Waals surface area contributed by atoms with E-state index in [1.807, 2.05) is 48.5 Å². The van der Waals surface area contributed by atoms with Crippen LogP contribution in [0.1, 0.15) is 0 Å². The van der Waals surface area contributed by atoms with Gasteiger partial charge in [-0.05, 0) is 34.1 Å². The van der Waals surface area contributed by atoms with Crippen LogP contribution in [-0.4, -0.2) is 4.98 Å². The van der Waals surface area contributed by atoms with E-state index < -0.39 is 0 Å². The predicted octanol–water partition coefficient (Wildman–Crippen LogP) is 4.35. The van der Waals surface area contributed by atoms with Gasteiger partial charge < -0.3 is 10.2 Å². The average molecular weight is 315 g/mol. The van der Waals surface area contributed by atoms with E-state index in [4.69, 9.17) is 10.2 Å². The minimum atomic E-state index is 0.456. The SMILES string of the molecule is Nc1ncc(Br)cc1-c1ccc(-c2ccccc2)o1. The molecular weight excluding hydrogens is 304 g/mol. The summed E-state index contributed by atoms with van der Waals surface area (Å²) in [6.45, 7) is 0. The quantitative estimate of drug-likeness (QED) is 0.765. The summed E-state index contributed by atoms with van der Waals surface area (Å²) in [5.41, 5.74) is 7.70. The summed E-state index contributed by atoms with van der Waals surface area (Å²) in [7, 11) is 0. The first kappa shape index (κ1) is 12.0. The van der Waals surface area contributed by atoms with Gasteiger partial charge in [-0.3, -0.25) is 0 Å². The molecule has 0 saturated carbocycles. The van der Waals surface area contributed by atoms with Crippen molar-refractivity contribution in [2.45, 2.75) is 0 Å². The molecule has 19 heavy (non-hydrogen) atoms. The summed E-state index contributed by atoms with van der Waals surface area (Å²) in [6, 6.07) is 15.7. The molecule has 0 radical (unpaired) electrons. The van der Waals surface area contributed by atoms with Crippen molar-refractivity contribution >= 4 is 21.7 Å². The molecule has 0 aliphatic heterocycles. The molecule has 3 nitrogen and oxygen atoms in total. The van der Waals surface area contributed by atoms with Crippen LogP contribution in [0.15, 0.2) is 63.6 Å². The second-order valence-corrected chi connectivity index (χ2v) is 5.03. The van der Waals surface area contributed by atoms with Gasteiger partial charge in [0.05, 0.1) is 5.56 Å². The van der Waals surface area contributed by atoms with Gasteiger partial charge in [0.1, 0.15) is 17.3 Å². The molecule has 3 aromatic rings. The summed E-state index contributed by atoms with van der Waals surface area (Å²) in [4.78, 5) is 4.11. The van der Waals surface area contributed by atoms with Gasteiger partial charge in [0.25, 0.3) is 0 Å². The fourth-order valence-corrected chi connectivity index (χ4v) is 2.22. The molecule has 0 aliphatic carbocycles. The Balaban J connectivity index is 2.04. The van der Waals surface area contributed by atoms with Crippen LogP contribution in [0.25, 0.3) is 22.6 Å². The van der Waals surface area contributed by atoms with Gasteiger partial charge in [0.2, 0.25) is 0 Å². The molecule has 0 fully saturated rings. The molecule has 1 aromatic carbocycles. The normalized spacial score (nSPS) is 10.6. The summed E-state index contributed by atoms with van der Waals surface area (Å²) >= 11 is 3.39. The zero-order valence-electron chi connectivity index (χ0n) is 10.0. The number of aromatic nitrogens is 1. The molecule has 0 unspecified atom stereocenters. The molecule has 0 atom stereocenters. The minimum absolute atomic E-state index is 0.456. The van der Waals surface area contributed by atoms with E-state index in [0.717, 1.165) is 21.4 Å². The summed E-state index contributed by atoms with van der Waals surface area (Å²) in [5.74, 6) is 1.98. The van der Waals surface area contributed by atoms with Gasteiger partial charge in [-0.1, -0.05) is 30.3 Å². The van der Waals surface area contributed by atoms with Crippen molar-refractivity contribution in [1.29, 1.82) is 0 Å². The third-order valence-corrected chi connectivity index (χ3v) is 3.25. The maximum atomic E-state index is 5.88. The van der Waals surface area contributed by atoms with Crippen molar-refractivity contribution in [3.63, 3.8) is 0 Å². The van der Waals surface area contributed by atoms with Crippen molar-refractivity contribution in [2.24, 2.45) is 0 Å². The van der Waals surface area contributed by atoms with E-state index in [0.29, 0.717) is 11.6 Å². The molecule has 0 amide bonds. The highest BCUT2D eigenvalue weighted by atomic mass is 79.9. The Hall–Kier alpha value is -2.07. The van der Waals surface area contributed by atoms with Gasteiger partial charge in [0, 0.05) is 16.2 Å². The lowest BCUT2D eigenvalue weighted by Gasteiger charge is -2.02. The maximum absolute atomic E-state index is 5.88. The third-order valence-electron chi connectivity index (χ3n) is 2.81. The van der Waals surface area contributed by atoms with Crippen LogP contribution in [0.4, 0.5) is 5.82 Å². The molecule has 0 saturated heterocycles. The Labute approximate surface area is 119 Å². The van der Waals surface area contributed by atoms with Gasteiger partial charge >= 0.3 is 0 Å². The van der Waals surface area contributed by atoms with E-state index in [1.54, 1.807) is 6.20 Å². The maximum Gasteiger partial charge on any atom is 0.138 e. The average Bonchev–Trinajstić information content (AvgIpc) is 2.92. The van der Waals surface area contributed by atoms with E-state index in [9.17, 15) is 0 Å². The van der Waals surface area contributed by atoms with Crippen molar-refractivity contribution < 1.29 is 4.42 Å². The largest absolute Gasteiger partial charge is 0.456 e. The number of benzene rings is 1. The Morgan fingerprint density at radius 3 is 2.53 bits per heavy atom. The monoisotopic (exact) mass is 314 g/mol. The first-order valence-corrected chi connectivity index (χ1v) is 6.60. The summed E-state index contributed by atoms with van der Waals surface area (Å²) in [6.07, 6.45) is 1.67. The van der Waals surface area contributed by atoms with Gasteiger partial charge in [0.15, 0.2) is 0 Å². The summed E-state index contributed by atoms with van der Waals surface area (Å²) in [5, 5.41) is 0. The zero-order chi connectivity index (χ0) is 13.2. The number of pyridine rings is 1. The van der Waals surface area contributed by atoms with E-state index in [-0.39, 0.29) is 0 Å². The van der Waals surface area contributed by atoms with Crippen LogP contribution in [0.2, 0.25) is 0 Å². The molecule has 2 aromatic heterocycles. The first-order valence-electron chi connectivity index (χ1n) is 5.81. The number of furan rings is 1. The Morgan fingerprint density at radius 1 is 1.00 bits per heavy atom. The molecular formula is C15H11BrN2O. The Bertz CT molecular complexity index is 707. The second-order valence-electron chi connectivity index (χ2n) is 4.12. The van der Waals surface area contributed by atoms with Crippen molar-refractivity contribution in [3.8, 4) is 22.6 Å². The highest BCUT2D eigenvalue weighted by Gasteiger charge is 2.10. The number of hydrogen-bond donors (Lipinski definition) is 1. The van der Waals surface area contributed by atoms with E-state index >= 15 is 0 Å². The zero-order valence-corrected chi connectivity index (χ0v) is 11.6. The van der Waals surface area contributed by atoms with Crippen molar-refractivity contribution in [1.82, 2.24) is 4.98 Å². The lowest BCUT2D eigenvalue weighted by atomic mass is 10.2. The number of nitrogens with zero attached hydrogens (tertiary/aromatic N) is 1. The number of nitrogen functional groups attached to an aromatic ring is 1. The smallest absolute Gasteiger partial charge is 0.138 e. The topological polar surface area (TPSA) is 52.0 Å². The van der Waals surface area contributed by atoms with Crippen molar-refractivity contribution in [3.05, 3.63) is 59.2 Å². The molecule has 0 aliphatic rings. The molecule has 3 rings (SSSR count). The number of rotatable bonds is 2. The minimum Gasteiger partial charge on any atom is -0.456 e. The summed E-state index contributed by atoms with van der Waals surface area (Å²) < 4.78 is 6.72. The number of halogens is 1. The van der Waals surface area contributed by atoms with Crippen LogP contribution in [0.5, 0.6) is 0 Å². The fraction of sp³-hybridized carbons (Fsp3) is 0. The predicted molar refractivity (Wildman–Crippen MR) is 79.5 cm³/mol. The van der Waals surface area contributed by atoms with Gasteiger partial charge in [-0.2, -0.15) is 0 Å². The van der Waals surface area contributed by atoms with Crippen LogP contribution in [0, 0.1) is 0 Å². The number of anilines is 1. The highest BCUT2D eigenvalue weighted by Crippen LogP contribution is 2.32. The molecule has 2 heterocycles. The van der Waals surface area contributed by atoms with E-state index in [1.165, 1.54) is 0 Å². The Kier molecular flexibility index (Phi) is 3.09. The van der Waals surface area contributed by atoms with E-state index in [2.05, 4.69) is 20.9 Å². The lowest BCUT2D eigenvalue weighted by Crippen LogP contribution is -1.92. The third kappa shape index (κ3) is 2.39. The molecule has 0 spiro atoms. The lowest BCUT2D eigenvalue weighted by molar-refractivity contribution is 0.597.